The monoisotopic (exact) mass is 362 g/mol. The molecule has 3 aromatic rings. The highest BCUT2D eigenvalue weighted by Crippen LogP contribution is 2.12. The molecule has 1 aromatic heterocycles. The predicted molar refractivity (Wildman–Crippen MR) is 105 cm³/mol. The van der Waals surface area contributed by atoms with Crippen LogP contribution in [0.15, 0.2) is 67.0 Å². The summed E-state index contributed by atoms with van der Waals surface area (Å²) in [7, 11) is 3.45. The summed E-state index contributed by atoms with van der Waals surface area (Å²) in [5.74, 6) is -0.183. The van der Waals surface area contributed by atoms with Crippen LogP contribution in [0.1, 0.15) is 21.5 Å². The van der Waals surface area contributed by atoms with E-state index in [0.29, 0.717) is 24.2 Å². The van der Waals surface area contributed by atoms with E-state index >= 15 is 0 Å². The Bertz CT molecular complexity index is 915. The van der Waals surface area contributed by atoms with E-state index in [1.807, 2.05) is 30.3 Å². The normalized spacial score (nSPS) is 10.4. The zero-order chi connectivity index (χ0) is 19.2. The van der Waals surface area contributed by atoms with Crippen LogP contribution in [0.2, 0.25) is 0 Å². The number of anilines is 1. The van der Waals surface area contributed by atoms with Crippen molar-refractivity contribution >= 4 is 17.5 Å². The van der Waals surface area contributed by atoms with Crippen molar-refractivity contribution in [2.24, 2.45) is 0 Å². The van der Waals surface area contributed by atoms with Gasteiger partial charge < -0.3 is 10.2 Å². The van der Waals surface area contributed by atoms with E-state index in [1.165, 1.54) is 0 Å². The van der Waals surface area contributed by atoms with Crippen LogP contribution in [0.4, 0.5) is 5.69 Å². The minimum absolute atomic E-state index is 0.0260. The van der Waals surface area contributed by atoms with E-state index in [1.54, 1.807) is 60.3 Å². The first-order valence-electron chi connectivity index (χ1n) is 8.68. The first kappa shape index (κ1) is 18.4. The van der Waals surface area contributed by atoms with Crippen molar-refractivity contribution in [3.05, 3.63) is 83.7 Å². The van der Waals surface area contributed by atoms with Crippen LogP contribution < -0.4 is 5.32 Å². The molecule has 138 valence electrons. The summed E-state index contributed by atoms with van der Waals surface area (Å²) < 4.78 is 1.78. The molecule has 0 radical (unpaired) electrons. The van der Waals surface area contributed by atoms with Gasteiger partial charge in [0, 0.05) is 25.9 Å². The fourth-order valence-electron chi connectivity index (χ4n) is 2.60. The topological polar surface area (TPSA) is 67.2 Å². The second kappa shape index (κ2) is 8.31. The van der Waals surface area contributed by atoms with E-state index in [4.69, 9.17) is 0 Å². The first-order chi connectivity index (χ1) is 13.0. The number of aromatic nitrogens is 2. The molecular weight excluding hydrogens is 340 g/mol. The fourth-order valence-corrected chi connectivity index (χ4v) is 2.60. The smallest absolute Gasteiger partial charge is 0.255 e. The molecule has 0 saturated carbocycles. The molecule has 6 heteroatoms. The Kier molecular flexibility index (Phi) is 5.66. The molecule has 0 saturated heterocycles. The van der Waals surface area contributed by atoms with E-state index in [9.17, 15) is 9.59 Å². The van der Waals surface area contributed by atoms with Gasteiger partial charge in [0.2, 0.25) is 5.91 Å². The Morgan fingerprint density at radius 3 is 2.37 bits per heavy atom. The minimum Gasteiger partial charge on any atom is -0.349 e. The van der Waals surface area contributed by atoms with Gasteiger partial charge in [0.15, 0.2) is 0 Å². The molecule has 1 heterocycles. The van der Waals surface area contributed by atoms with Gasteiger partial charge in [-0.1, -0.05) is 42.5 Å². The van der Waals surface area contributed by atoms with Gasteiger partial charge in [-0.15, -0.1) is 0 Å². The van der Waals surface area contributed by atoms with Gasteiger partial charge in [0.25, 0.3) is 5.91 Å². The van der Waals surface area contributed by atoms with E-state index in [2.05, 4.69) is 10.4 Å². The Balaban J connectivity index is 1.59. The van der Waals surface area contributed by atoms with Crippen molar-refractivity contribution in [1.29, 1.82) is 0 Å². The number of likely N-dealkylation sites (N-methyl/N-ethyl adjacent to an activating group) is 1. The van der Waals surface area contributed by atoms with E-state index in [0.717, 1.165) is 11.1 Å². The van der Waals surface area contributed by atoms with Gasteiger partial charge in [-0.3, -0.25) is 14.3 Å². The van der Waals surface area contributed by atoms with Crippen molar-refractivity contribution in [2.45, 2.75) is 13.0 Å². The molecule has 2 aromatic carbocycles. The molecule has 1 N–H and O–H groups in total. The summed E-state index contributed by atoms with van der Waals surface area (Å²) in [4.78, 5) is 25.7. The van der Waals surface area contributed by atoms with Gasteiger partial charge in [-0.25, -0.2) is 0 Å². The molecule has 0 aliphatic heterocycles. The Morgan fingerprint density at radius 2 is 1.70 bits per heavy atom. The van der Waals surface area contributed by atoms with Gasteiger partial charge in [-0.05, 0) is 23.3 Å². The number of nitrogens with one attached hydrogen (secondary N) is 1. The second-order valence-electron chi connectivity index (χ2n) is 6.53. The third-order valence-electron chi connectivity index (χ3n) is 4.15. The van der Waals surface area contributed by atoms with Gasteiger partial charge in [0.1, 0.15) is 0 Å². The number of amides is 2. The molecule has 2 amide bonds. The lowest BCUT2D eigenvalue weighted by molar-refractivity contribution is -0.127. The standard InChI is InChI=1S/C21H22N4O2/c1-24(2)20(26)12-16-8-10-18(11-9-16)21(27)23-19-13-22-25(15-19)14-17-6-4-3-5-7-17/h3-11,13,15H,12,14H2,1-2H3,(H,23,27). The zero-order valence-corrected chi connectivity index (χ0v) is 15.4. The lowest BCUT2D eigenvalue weighted by atomic mass is 10.1. The van der Waals surface area contributed by atoms with Crippen LogP contribution in [0, 0.1) is 0 Å². The summed E-state index contributed by atoms with van der Waals surface area (Å²) in [6.45, 7) is 0.644. The lowest BCUT2D eigenvalue weighted by Crippen LogP contribution is -2.23. The molecule has 6 nitrogen and oxygen atoms in total. The zero-order valence-electron chi connectivity index (χ0n) is 15.4. The fraction of sp³-hybridized carbons (Fsp3) is 0.190. The number of rotatable bonds is 6. The summed E-state index contributed by atoms with van der Waals surface area (Å²) in [6.07, 6.45) is 3.75. The molecule has 0 fully saturated rings. The molecule has 0 spiro atoms. The molecule has 0 unspecified atom stereocenters. The largest absolute Gasteiger partial charge is 0.349 e. The molecule has 0 atom stereocenters. The molecular formula is C21H22N4O2. The molecule has 0 aliphatic carbocycles. The van der Waals surface area contributed by atoms with Crippen LogP contribution in [0.5, 0.6) is 0 Å². The maximum absolute atomic E-state index is 12.4. The highest BCUT2D eigenvalue weighted by Gasteiger charge is 2.10. The quantitative estimate of drug-likeness (QED) is 0.733. The Morgan fingerprint density at radius 1 is 1.00 bits per heavy atom. The van der Waals surface area contributed by atoms with Crippen LogP contribution in [0.25, 0.3) is 0 Å². The van der Waals surface area contributed by atoms with Crippen molar-refractivity contribution in [3.8, 4) is 0 Å². The summed E-state index contributed by atoms with van der Waals surface area (Å²) >= 11 is 0. The highest BCUT2D eigenvalue weighted by atomic mass is 16.2. The highest BCUT2D eigenvalue weighted by molar-refractivity contribution is 6.04. The SMILES string of the molecule is CN(C)C(=O)Cc1ccc(C(=O)Nc2cnn(Cc3ccccc3)c2)cc1. The van der Waals surface area contributed by atoms with Gasteiger partial charge in [0.05, 0.1) is 24.8 Å². The molecule has 3 rings (SSSR count). The van der Waals surface area contributed by atoms with Gasteiger partial charge >= 0.3 is 0 Å². The predicted octanol–water partition coefficient (Wildman–Crippen LogP) is 2.81. The first-order valence-corrected chi connectivity index (χ1v) is 8.68. The molecule has 0 aliphatic rings. The second-order valence-corrected chi connectivity index (χ2v) is 6.53. The van der Waals surface area contributed by atoms with Gasteiger partial charge in [-0.2, -0.15) is 5.10 Å². The molecule has 0 bridgehead atoms. The van der Waals surface area contributed by atoms with E-state index < -0.39 is 0 Å². The van der Waals surface area contributed by atoms with Crippen LogP contribution in [0.3, 0.4) is 0 Å². The van der Waals surface area contributed by atoms with Crippen molar-refractivity contribution in [3.63, 3.8) is 0 Å². The minimum atomic E-state index is -0.209. The maximum Gasteiger partial charge on any atom is 0.255 e. The molecule has 27 heavy (non-hydrogen) atoms. The number of carbonyl (C=O) groups excluding carboxylic acids is 2. The van der Waals surface area contributed by atoms with Crippen LogP contribution in [-0.2, 0) is 17.8 Å². The average Bonchev–Trinajstić information content (AvgIpc) is 3.09. The van der Waals surface area contributed by atoms with Crippen LogP contribution in [-0.4, -0.2) is 40.6 Å². The summed E-state index contributed by atoms with van der Waals surface area (Å²) in [5, 5.41) is 7.13. The third kappa shape index (κ3) is 5.04. The average molecular weight is 362 g/mol. The third-order valence-corrected chi connectivity index (χ3v) is 4.15. The maximum atomic E-state index is 12.4. The van der Waals surface area contributed by atoms with Crippen molar-refractivity contribution in [2.75, 3.05) is 19.4 Å². The van der Waals surface area contributed by atoms with Crippen molar-refractivity contribution < 1.29 is 9.59 Å². The summed E-state index contributed by atoms with van der Waals surface area (Å²) in [5.41, 5.74) is 3.19. The number of carbonyl (C=O) groups is 2. The Hall–Kier alpha value is -3.41. The number of benzene rings is 2. The summed E-state index contributed by atoms with van der Waals surface area (Å²) in [6, 6.07) is 17.0. The number of nitrogens with zero attached hydrogens (tertiary/aromatic N) is 3. The number of hydrogen-bond acceptors (Lipinski definition) is 3. The van der Waals surface area contributed by atoms with E-state index in [-0.39, 0.29) is 11.8 Å². The van der Waals surface area contributed by atoms with Crippen LogP contribution >= 0.6 is 0 Å². The number of hydrogen-bond donors (Lipinski definition) is 1. The Labute approximate surface area is 158 Å². The lowest BCUT2D eigenvalue weighted by Gasteiger charge is -2.10. The van der Waals surface area contributed by atoms with Crippen molar-refractivity contribution in [1.82, 2.24) is 14.7 Å².